The van der Waals surface area contributed by atoms with Gasteiger partial charge in [0.05, 0.1) is 35.4 Å². The van der Waals surface area contributed by atoms with Gasteiger partial charge in [0.2, 0.25) is 0 Å². The molecule has 4 bridgehead atoms. The van der Waals surface area contributed by atoms with Gasteiger partial charge in [-0.1, -0.05) is 111 Å². The van der Waals surface area contributed by atoms with Gasteiger partial charge >= 0.3 is 22.5 Å². The summed E-state index contributed by atoms with van der Waals surface area (Å²) in [5.41, 5.74) is -4.24. The van der Waals surface area contributed by atoms with Gasteiger partial charge in [0.15, 0.2) is 54.3 Å². The van der Waals surface area contributed by atoms with Crippen molar-refractivity contribution in [1.82, 2.24) is 0 Å². The van der Waals surface area contributed by atoms with Crippen LogP contribution in [0.1, 0.15) is 157 Å². The molecule has 4 saturated carbocycles. The maximum atomic E-state index is 14.4. The molecule has 0 aromatic heterocycles. The molecule has 1 spiro atoms. The third-order valence-corrected chi connectivity index (χ3v) is 21.3. The summed E-state index contributed by atoms with van der Waals surface area (Å²) >= 11 is 1.95. The topological polar surface area (TPSA) is 405 Å². The van der Waals surface area contributed by atoms with Gasteiger partial charge in [-0.05, 0) is 140 Å². The first kappa shape index (κ1) is 85.3. The fraction of sp³-hybridized carbons (Fsp3) is 0.623. The number of aliphatic hydroxyl groups excluding tert-OH is 1. The lowest BCUT2D eigenvalue weighted by Crippen LogP contribution is -2.71. The summed E-state index contributed by atoms with van der Waals surface area (Å²) in [4.78, 5) is 161. The van der Waals surface area contributed by atoms with E-state index < -0.39 is 104 Å². The highest BCUT2D eigenvalue weighted by Crippen LogP contribution is 2.63. The predicted molar refractivity (Wildman–Crippen MR) is 362 cm³/mol. The van der Waals surface area contributed by atoms with Gasteiger partial charge in [0.25, 0.3) is 11.8 Å². The Balaban J connectivity index is 0.000000358. The molecule has 2 aromatic rings. The number of thioether (sulfide) groups is 2. The van der Waals surface area contributed by atoms with Gasteiger partial charge in [-0.3, -0.25) is 28.8 Å². The van der Waals surface area contributed by atoms with E-state index in [0.29, 0.717) is 59.1 Å². The molecule has 10 rings (SSSR count). The highest BCUT2D eigenvalue weighted by molar-refractivity contribution is 8.13. The highest BCUT2D eigenvalue weighted by Gasteiger charge is 2.72. The fourth-order valence-corrected chi connectivity index (χ4v) is 15.9. The van der Waals surface area contributed by atoms with Gasteiger partial charge in [0, 0.05) is 79.0 Å². The van der Waals surface area contributed by atoms with Gasteiger partial charge in [-0.15, -0.1) is 14.7 Å². The molecule has 0 radical (unpaired) electrons. The van der Waals surface area contributed by atoms with Crippen LogP contribution in [0.25, 0.3) is 0 Å². The summed E-state index contributed by atoms with van der Waals surface area (Å²) in [6.07, 6.45) is -0.483. The van der Waals surface area contributed by atoms with Crippen molar-refractivity contribution in [3.8, 4) is 0 Å². The van der Waals surface area contributed by atoms with Crippen LogP contribution in [0, 0.1) is 66.5 Å². The molecule has 2 aromatic carbocycles. The second kappa shape index (κ2) is 36.9. The van der Waals surface area contributed by atoms with E-state index in [1.807, 2.05) is 31.1 Å². The minimum absolute atomic E-state index is 0. The summed E-state index contributed by atoms with van der Waals surface area (Å²) in [6.45, 7) is 22.8. The lowest BCUT2D eigenvalue weighted by atomic mass is 9.46. The van der Waals surface area contributed by atoms with E-state index in [1.54, 1.807) is 95.3 Å². The quantitative estimate of drug-likeness (QED) is 0.103. The Kier molecular flexibility index (Phi) is 32.1. The number of carbonyl (C=O) groups excluding carboxylic acids is 8. The Bertz CT molecular complexity index is 3220. The molecule has 29 heteroatoms. The maximum absolute atomic E-state index is 14.4. The number of nitroso groups, excluding NO2 is 3. The van der Waals surface area contributed by atoms with E-state index in [2.05, 4.69) is 19.0 Å². The van der Waals surface area contributed by atoms with E-state index in [0.717, 1.165) is 63.7 Å². The van der Waals surface area contributed by atoms with E-state index >= 15 is 0 Å². The van der Waals surface area contributed by atoms with Gasteiger partial charge in [-0.2, -0.15) is 0 Å². The Morgan fingerprint density at radius 2 is 1.16 bits per heavy atom. The smallest absolute Gasteiger partial charge is 0.368 e. The number of fused-ring (bicyclic) bond motifs is 7. The molecular weight excluding hydrogens is 1320 g/mol. The monoisotopic (exact) mass is 1410 g/mol. The number of rotatable bonds is 9. The van der Waals surface area contributed by atoms with E-state index in [9.17, 15) is 58.0 Å². The first-order valence-corrected chi connectivity index (χ1v) is 33.7. The molecule has 2 amide bonds. The molecule has 2 heterocycles. The lowest BCUT2D eigenvalue weighted by molar-refractivity contribution is -0.469. The third kappa shape index (κ3) is 17.8. The number of amides is 2. The number of nitrogens with zero attached hydrogens (tertiary/aromatic N) is 3. The molecule has 6 aliphatic carbocycles. The van der Waals surface area contributed by atoms with Crippen LogP contribution in [-0.2, 0) is 62.2 Å². The summed E-state index contributed by atoms with van der Waals surface area (Å²) in [6, 6.07) is 15.1. The zero-order chi connectivity index (χ0) is 73.3. The first-order valence-electron chi connectivity index (χ1n) is 31.7. The molecule has 2 saturated heterocycles. The average molecular weight is 1410 g/mol. The first-order chi connectivity index (χ1) is 45.6. The van der Waals surface area contributed by atoms with Crippen molar-refractivity contribution in [1.29, 1.82) is 0 Å². The maximum Gasteiger partial charge on any atom is 0.368 e. The molecule has 542 valence electrons. The average Bonchev–Trinajstić information content (AvgIpc) is 0.691. The second-order valence-electron chi connectivity index (χ2n) is 25.6. The predicted octanol–water partition coefficient (Wildman–Crippen LogP) is 11.6. The number of carbonyl (C=O) groups is 10. The lowest BCUT2D eigenvalue weighted by Gasteiger charge is -2.62. The number of methoxy groups -OCH3 is 1. The number of aliphatic hydroxyl groups is 2. The van der Waals surface area contributed by atoms with Crippen molar-refractivity contribution < 1.29 is 102 Å². The van der Waals surface area contributed by atoms with Crippen molar-refractivity contribution in [3.63, 3.8) is 0 Å². The van der Waals surface area contributed by atoms with Gasteiger partial charge in [0.1, 0.15) is 11.2 Å². The molecule has 4 N–H and O–H groups in total. The van der Waals surface area contributed by atoms with Gasteiger partial charge < -0.3 is 44.1 Å². The number of ketones is 4. The number of carboxylic acid groups (broad SMARTS) is 2. The molecule has 2 aliphatic heterocycles. The Morgan fingerprint density at radius 3 is 1.58 bits per heavy atom. The van der Waals surface area contributed by atoms with Crippen LogP contribution >= 0.6 is 23.5 Å². The zero-order valence-electron chi connectivity index (χ0n) is 57.4. The van der Waals surface area contributed by atoms with Crippen LogP contribution in [0.5, 0.6) is 0 Å². The minimum Gasteiger partial charge on any atom is -0.478 e. The SMILES string of the molecule is C.CC(=O)N=O.CC(=O)N=O.CCSC(=O)OC1C(=O)C2(C)C(OC)CC3OCC3C2CC2(O)C(N=O)C(=O)C(C)=C1C2(C)C.CCSC(=O)OC1C(=O)C2CCC(C)C(CC)C2CC23OOCOC2C(=O)C(C)=C1C3(C)C.CO.O=C(O)c1ccccc1.O=C(O)c1ccccc1. The van der Waals surface area contributed by atoms with E-state index in [4.69, 9.17) is 58.6 Å². The Hall–Kier alpha value is -6.96. The number of hydrogen-bond donors (Lipinski definition) is 4. The number of hydrogen-bond acceptors (Lipinski definition) is 25. The summed E-state index contributed by atoms with van der Waals surface area (Å²) in [5.74, 6) is -3.54. The number of carboxylic acids is 2. The highest BCUT2D eigenvalue weighted by atomic mass is 32.2. The minimum atomic E-state index is -1.88. The number of aromatic carboxylic acids is 2. The summed E-state index contributed by atoms with van der Waals surface area (Å²) in [7, 11) is 2.52. The van der Waals surface area contributed by atoms with E-state index in [1.165, 1.54) is 14.0 Å². The molecule has 8 aliphatic rings. The van der Waals surface area contributed by atoms with Crippen LogP contribution in [0.3, 0.4) is 0 Å². The molecule has 98 heavy (non-hydrogen) atoms. The molecule has 6 fully saturated rings. The van der Waals surface area contributed by atoms with Crippen LogP contribution in [0.4, 0.5) is 9.59 Å². The van der Waals surface area contributed by atoms with Crippen molar-refractivity contribution in [2.45, 2.75) is 184 Å². The van der Waals surface area contributed by atoms with Crippen molar-refractivity contribution in [3.05, 3.63) is 109 Å². The Morgan fingerprint density at radius 1 is 0.684 bits per heavy atom. The number of Topliss-reactive ketones (excluding diaryl/α,β-unsaturated/α-hetero) is 4. The van der Waals surface area contributed by atoms with Crippen molar-refractivity contribution in [2.24, 2.45) is 67.3 Å². The van der Waals surface area contributed by atoms with Crippen LogP contribution < -0.4 is 0 Å². The van der Waals surface area contributed by atoms with Crippen LogP contribution in [0.2, 0.25) is 0 Å². The van der Waals surface area contributed by atoms with Crippen LogP contribution in [0.15, 0.2) is 98.5 Å². The third-order valence-electron chi connectivity index (χ3n) is 20.1. The zero-order valence-corrected chi connectivity index (χ0v) is 59.0. The van der Waals surface area contributed by atoms with Crippen molar-refractivity contribution >= 4 is 81.0 Å². The second-order valence-corrected chi connectivity index (χ2v) is 28.0. The van der Waals surface area contributed by atoms with Gasteiger partial charge in [-0.25, -0.2) is 29.0 Å². The standard InChI is InChI=1S/C25H36O7S.C24H33NO8S.2C7H6O2.2C2H3NO2.CH4O.CH4/c1-7-15-13(3)9-10-16-17(15)11-25-22(29-12-30-32-25)19(26)14(4)18(24(25,5)6)21(20(16)27)31-23(28)33-8-2;1-7-34-21(28)33-18-16-11(2)17(26)19(25-30)24(29,22(16,3)4)9-13-12-10-32-14(12)8-15(31-6)23(13,5)20(18)27;2*8-7(9)6-4-2-1-3-5-6;2*1-2(4)3-5;1-2;/h13,15-17,21-22H,7-12H2,1-6H3;12-15,18-19,29H,7-10H2,1-6H3;2*1-5H,(H,8,9);2*1H3;2H,1H3;1H4. The molecule has 15 unspecified atom stereocenters. The summed E-state index contributed by atoms with van der Waals surface area (Å²) in [5, 5.41) is 41.9. The number of benzene rings is 2. The summed E-state index contributed by atoms with van der Waals surface area (Å²) < 4.78 is 29.1. The molecule has 15 atom stereocenters. The molecular formula is C69H95N3O24S2. The van der Waals surface area contributed by atoms with Crippen LogP contribution in [-0.4, -0.2) is 165 Å². The number of ether oxygens (including phenoxy) is 5. The Labute approximate surface area is 579 Å². The van der Waals surface area contributed by atoms with Crippen molar-refractivity contribution in [2.75, 3.05) is 39.1 Å². The normalized spacial score (nSPS) is 30.9. The van der Waals surface area contributed by atoms with E-state index in [-0.39, 0.29) is 78.9 Å². The fourth-order valence-electron chi connectivity index (χ4n) is 15.1. The largest absolute Gasteiger partial charge is 0.478 e. The molecule has 27 nitrogen and oxygen atoms in total.